The number of hydrogen-bond acceptors (Lipinski definition) is 11. The number of nitrogens with zero attached hydrogens (tertiary/aromatic N) is 3. The molecule has 5 atom stereocenters. The van der Waals surface area contributed by atoms with E-state index in [1.807, 2.05) is 33.2 Å². The molecule has 1 heterocycles. The Morgan fingerprint density at radius 3 is 2.08 bits per heavy atom. The van der Waals surface area contributed by atoms with E-state index in [2.05, 4.69) is 31.6 Å². The average molecular weight is 951 g/mol. The molecule has 62 heavy (non-hydrogen) atoms. The third kappa shape index (κ3) is 18.6. The summed E-state index contributed by atoms with van der Waals surface area (Å²) in [5.41, 5.74) is 17.5. The first-order valence-corrected chi connectivity index (χ1v) is 21.0. The summed E-state index contributed by atoms with van der Waals surface area (Å²) in [5, 5.41) is 39.3. The number of unbranched alkanes of at least 4 members (excludes halogenated alkanes) is 3. The fraction of sp³-hybridized carbons (Fsp3) is 0.535. The van der Waals surface area contributed by atoms with Crippen molar-refractivity contribution >= 4 is 35.3 Å². The summed E-state index contributed by atoms with van der Waals surface area (Å²) in [4.78, 5) is 76.4. The number of nitrogens with two attached hydrogens (primary N) is 1. The number of aryl methyl sites for hydroxylation is 2. The number of aromatic nitrogens is 3. The van der Waals surface area contributed by atoms with E-state index in [1.54, 1.807) is 53.2 Å². The van der Waals surface area contributed by atoms with Crippen LogP contribution in [0.2, 0.25) is 0 Å². The van der Waals surface area contributed by atoms with E-state index < -0.39 is 59.7 Å². The normalized spacial score (nSPS) is 13.5. The number of hydrogen-bond donors (Lipinski definition) is 8. The number of amides is 5. The van der Waals surface area contributed by atoms with Crippen LogP contribution in [0.1, 0.15) is 98.8 Å². The molecule has 0 saturated carbocycles. The second-order valence-corrected chi connectivity index (χ2v) is 15.6. The van der Waals surface area contributed by atoms with Crippen molar-refractivity contribution in [1.82, 2.24) is 41.7 Å². The predicted octanol–water partition coefficient (Wildman–Crippen LogP) is 2.15. The fourth-order valence-electron chi connectivity index (χ4n) is 6.70. The van der Waals surface area contributed by atoms with Crippen molar-refractivity contribution in [1.29, 1.82) is 0 Å². The van der Waals surface area contributed by atoms with Crippen molar-refractivity contribution in [2.24, 2.45) is 17.6 Å². The standard InChI is InChI=1S/C43H63N10O8.Rh/c1-28(2)25-33(38(55)43(60)51-61)40(57)49-36(26-29-18-20-31(21-19-29)37(54)30-13-5-4-6-14-30)42(59)47-23-11-7-15-32-27-53(52-50-32)24-12-9-16-34(44)41(58)48-35(39(45)56)17-8-10-22-46-3;/h4-6,13-14,18-21,27-28,33-36,38,44,46,55,61H,7-12,15-17,22-26H2,1-3H3,(H2,45,56)(H,47,59)(H,48,58)(H,49,57)(H,51,60);/q-1;/t33-,34?,35?,36+,38+;/m1./s1. The predicted molar refractivity (Wildman–Crippen MR) is 228 cm³/mol. The maximum Gasteiger partial charge on any atom is 0.272 e. The number of nitrogens with one attached hydrogen (secondary N) is 6. The van der Waals surface area contributed by atoms with Gasteiger partial charge in [0.25, 0.3) is 5.91 Å². The largest absolute Gasteiger partial charge is 0.667 e. The molecule has 10 N–H and O–H groups in total. The molecule has 0 aliphatic heterocycles. The molecule has 0 saturated heterocycles. The minimum absolute atomic E-state index is 0. The van der Waals surface area contributed by atoms with Crippen LogP contribution in [-0.2, 0) is 62.8 Å². The summed E-state index contributed by atoms with van der Waals surface area (Å²) < 4.78 is 1.70. The number of carbonyl (C=O) groups excluding carboxylic acids is 6. The monoisotopic (exact) mass is 950 g/mol. The number of aliphatic hydroxyl groups is 1. The van der Waals surface area contributed by atoms with Gasteiger partial charge in [-0.2, -0.15) is 0 Å². The first-order chi connectivity index (χ1) is 29.2. The van der Waals surface area contributed by atoms with Crippen LogP contribution >= 0.6 is 0 Å². The van der Waals surface area contributed by atoms with Crippen molar-refractivity contribution in [2.75, 3.05) is 20.1 Å². The molecule has 1 radical (unpaired) electrons. The molecule has 2 aromatic carbocycles. The Kier molecular flexibility index (Phi) is 24.6. The van der Waals surface area contributed by atoms with Crippen molar-refractivity contribution in [3.8, 4) is 0 Å². The van der Waals surface area contributed by atoms with E-state index in [1.165, 1.54) is 5.48 Å². The van der Waals surface area contributed by atoms with Gasteiger partial charge in [-0.25, -0.2) is 5.48 Å². The van der Waals surface area contributed by atoms with Crippen LogP contribution in [0.25, 0.3) is 5.73 Å². The number of ketones is 1. The van der Waals surface area contributed by atoms with Crippen LogP contribution in [0.3, 0.4) is 0 Å². The zero-order valence-corrected chi connectivity index (χ0v) is 37.4. The third-order valence-corrected chi connectivity index (χ3v) is 10.2. The topological polar surface area (TPSA) is 284 Å². The van der Waals surface area contributed by atoms with Crippen molar-refractivity contribution in [2.45, 2.75) is 115 Å². The number of aliphatic hydroxyl groups excluding tert-OH is 1. The van der Waals surface area contributed by atoms with Gasteiger partial charge in [0.1, 0.15) is 18.2 Å². The summed E-state index contributed by atoms with van der Waals surface area (Å²) in [6.45, 7) is 5.25. The molecule has 3 rings (SSSR count). The van der Waals surface area contributed by atoms with Crippen molar-refractivity contribution < 1.29 is 58.6 Å². The third-order valence-electron chi connectivity index (χ3n) is 10.2. The molecule has 343 valence electrons. The molecule has 2 unspecified atom stereocenters. The van der Waals surface area contributed by atoms with Crippen molar-refractivity contribution in [3.05, 3.63) is 88.9 Å². The van der Waals surface area contributed by atoms with E-state index >= 15 is 0 Å². The maximum absolute atomic E-state index is 13.6. The molecular formula is C43H63N10O8Rh-. The smallest absolute Gasteiger partial charge is 0.272 e. The molecule has 0 aliphatic rings. The Bertz CT molecular complexity index is 1850. The van der Waals surface area contributed by atoms with Gasteiger partial charge in [0.2, 0.25) is 23.6 Å². The van der Waals surface area contributed by atoms with Gasteiger partial charge in [-0.05, 0) is 76.4 Å². The summed E-state index contributed by atoms with van der Waals surface area (Å²) >= 11 is 0. The Morgan fingerprint density at radius 1 is 0.790 bits per heavy atom. The molecular weight excluding hydrogens is 887 g/mol. The minimum Gasteiger partial charge on any atom is -0.667 e. The Balaban J connectivity index is 0.0000132. The Morgan fingerprint density at radius 2 is 1.44 bits per heavy atom. The van der Waals surface area contributed by atoms with E-state index in [-0.39, 0.29) is 50.6 Å². The number of hydroxylamine groups is 1. The Labute approximate surface area is 376 Å². The summed E-state index contributed by atoms with van der Waals surface area (Å²) in [6.07, 6.45) is 5.57. The maximum atomic E-state index is 13.6. The van der Waals surface area contributed by atoms with E-state index in [9.17, 15) is 33.9 Å². The molecule has 3 aromatic rings. The quantitative estimate of drug-likeness (QED) is 0.0164. The van der Waals surface area contributed by atoms with Crippen LogP contribution in [0.15, 0.2) is 60.8 Å². The molecule has 0 bridgehead atoms. The zero-order valence-electron chi connectivity index (χ0n) is 35.7. The average Bonchev–Trinajstić information content (AvgIpc) is 3.71. The van der Waals surface area contributed by atoms with Crippen LogP contribution in [0.4, 0.5) is 0 Å². The SMILES string of the molecule is CNCCCCC(NC(=O)C([NH-])CCCCn1cc(CCCCNC(=O)[C@H](Cc2ccc(C(=O)c3ccccc3)cc2)NC(=O)[C@H](CC(C)C)[C@H](O)C(=O)NO)nn1)C(N)=O.[Rh]. The summed E-state index contributed by atoms with van der Waals surface area (Å²) in [7, 11) is 1.84. The summed E-state index contributed by atoms with van der Waals surface area (Å²) in [6, 6.07) is 12.6. The van der Waals surface area contributed by atoms with E-state index in [0.717, 1.165) is 25.1 Å². The molecule has 0 fully saturated rings. The molecule has 0 aliphatic carbocycles. The number of benzene rings is 2. The van der Waals surface area contributed by atoms with Crippen molar-refractivity contribution in [3.63, 3.8) is 0 Å². The molecule has 0 spiro atoms. The van der Waals surface area contributed by atoms with Gasteiger partial charge in [0.15, 0.2) is 5.78 Å². The number of carbonyl (C=O) groups is 6. The van der Waals surface area contributed by atoms with Gasteiger partial charge in [-0.15, -0.1) is 5.10 Å². The van der Waals surface area contributed by atoms with Crippen LogP contribution < -0.4 is 32.5 Å². The molecule has 1 aromatic heterocycles. The first-order valence-electron chi connectivity index (χ1n) is 21.0. The second-order valence-electron chi connectivity index (χ2n) is 15.6. The van der Waals surface area contributed by atoms with Crippen LogP contribution in [0.5, 0.6) is 0 Å². The molecule has 18 nitrogen and oxygen atoms in total. The van der Waals surface area contributed by atoms with Crippen LogP contribution in [-0.4, -0.2) is 105 Å². The van der Waals surface area contributed by atoms with E-state index in [0.29, 0.717) is 68.2 Å². The molecule has 5 amide bonds. The zero-order chi connectivity index (χ0) is 44.7. The van der Waals surface area contributed by atoms with Gasteiger partial charge < -0.3 is 37.8 Å². The van der Waals surface area contributed by atoms with Gasteiger partial charge in [0.05, 0.1) is 11.6 Å². The molecule has 19 heteroatoms. The van der Waals surface area contributed by atoms with Gasteiger partial charge in [-0.3, -0.25) is 38.7 Å². The van der Waals surface area contributed by atoms with E-state index in [4.69, 9.17) is 16.7 Å². The number of rotatable bonds is 29. The van der Waals surface area contributed by atoms with Gasteiger partial charge >= 0.3 is 0 Å². The first kappa shape index (κ1) is 53.2. The minimum atomic E-state index is -1.85. The number of primary amides is 1. The fourth-order valence-corrected chi connectivity index (χ4v) is 6.70. The summed E-state index contributed by atoms with van der Waals surface area (Å²) in [5.74, 6) is -4.97. The van der Waals surface area contributed by atoms with Crippen LogP contribution in [0, 0.1) is 11.8 Å². The second kappa shape index (κ2) is 28.6. The van der Waals surface area contributed by atoms with Gasteiger partial charge in [0, 0.05) is 56.3 Å². The Hall–Kier alpha value is -4.94. The van der Waals surface area contributed by atoms with Gasteiger partial charge in [-0.1, -0.05) is 92.5 Å².